The molecule has 6 heteroatoms. The first-order chi connectivity index (χ1) is 8.61. The van der Waals surface area contributed by atoms with Crippen molar-refractivity contribution in [2.24, 2.45) is 0 Å². The zero-order chi connectivity index (χ0) is 13.1. The molecule has 1 fully saturated rings. The molecule has 1 saturated heterocycles. The number of hydrogen-bond acceptors (Lipinski definition) is 4. The van der Waals surface area contributed by atoms with Crippen molar-refractivity contribution >= 4 is 18.3 Å². The van der Waals surface area contributed by atoms with Crippen LogP contribution in [-0.2, 0) is 11.2 Å². The van der Waals surface area contributed by atoms with Gasteiger partial charge in [-0.1, -0.05) is 5.16 Å². The number of likely N-dealkylation sites (tertiary alicyclic amines) is 1. The lowest BCUT2D eigenvalue weighted by Gasteiger charge is -2.32. The van der Waals surface area contributed by atoms with Crippen LogP contribution in [0.15, 0.2) is 4.52 Å². The fraction of sp³-hybridized carbons (Fsp3) is 0.692. The fourth-order valence-corrected chi connectivity index (χ4v) is 2.46. The summed E-state index contributed by atoms with van der Waals surface area (Å²) in [6.45, 7) is 5.40. The van der Waals surface area contributed by atoms with E-state index in [4.69, 9.17) is 4.52 Å². The molecule has 0 bridgehead atoms. The Balaban J connectivity index is 0.00000180. The van der Waals surface area contributed by atoms with Gasteiger partial charge in [0.25, 0.3) is 0 Å². The summed E-state index contributed by atoms with van der Waals surface area (Å²) in [6.07, 6.45) is 2.61. The molecule has 1 unspecified atom stereocenters. The third-order valence-corrected chi connectivity index (χ3v) is 3.69. The van der Waals surface area contributed by atoms with Gasteiger partial charge in [0.15, 0.2) is 0 Å². The molecule has 0 saturated carbocycles. The first-order valence-electron chi connectivity index (χ1n) is 6.48. The Hall–Kier alpha value is -1.07. The van der Waals surface area contributed by atoms with Gasteiger partial charge in [0.05, 0.1) is 12.1 Å². The zero-order valence-electron chi connectivity index (χ0n) is 11.7. The van der Waals surface area contributed by atoms with E-state index in [-0.39, 0.29) is 18.3 Å². The lowest BCUT2D eigenvalue weighted by Crippen LogP contribution is -2.47. The van der Waals surface area contributed by atoms with E-state index in [1.165, 1.54) is 0 Å². The molecule has 19 heavy (non-hydrogen) atoms. The number of amides is 1. The number of likely N-dealkylation sites (N-methyl/N-ethyl adjacent to an activating group) is 1. The second-order valence-corrected chi connectivity index (χ2v) is 4.95. The number of carbonyl (C=O) groups is 1. The van der Waals surface area contributed by atoms with Gasteiger partial charge in [0, 0.05) is 24.7 Å². The summed E-state index contributed by atoms with van der Waals surface area (Å²) in [6, 6.07) is 0.423. The van der Waals surface area contributed by atoms with Crippen molar-refractivity contribution in [2.75, 3.05) is 20.1 Å². The summed E-state index contributed by atoms with van der Waals surface area (Å²) in [5.41, 5.74) is 1.76. The molecule has 1 aromatic heterocycles. The highest BCUT2D eigenvalue weighted by Crippen LogP contribution is 2.16. The number of rotatable bonds is 3. The van der Waals surface area contributed by atoms with Crippen LogP contribution in [-0.4, -0.2) is 42.1 Å². The van der Waals surface area contributed by atoms with Crippen LogP contribution in [0.25, 0.3) is 0 Å². The van der Waals surface area contributed by atoms with Gasteiger partial charge in [-0.15, -0.1) is 12.4 Å². The van der Waals surface area contributed by atoms with E-state index in [0.29, 0.717) is 12.5 Å². The van der Waals surface area contributed by atoms with Gasteiger partial charge in [-0.3, -0.25) is 4.79 Å². The maximum absolute atomic E-state index is 12.3. The smallest absolute Gasteiger partial charge is 0.227 e. The van der Waals surface area contributed by atoms with Crippen LogP contribution in [0, 0.1) is 13.8 Å². The molecular weight excluding hydrogens is 266 g/mol. The second kappa shape index (κ2) is 6.91. The lowest BCUT2D eigenvalue weighted by atomic mass is 10.0. The van der Waals surface area contributed by atoms with Crippen LogP contribution >= 0.6 is 12.4 Å². The van der Waals surface area contributed by atoms with Crippen LogP contribution in [0.4, 0.5) is 0 Å². The number of hydrogen-bond donors (Lipinski definition) is 1. The van der Waals surface area contributed by atoms with E-state index in [2.05, 4.69) is 10.5 Å². The average molecular weight is 288 g/mol. The van der Waals surface area contributed by atoms with Crippen LogP contribution in [0.3, 0.4) is 0 Å². The quantitative estimate of drug-likeness (QED) is 0.914. The molecule has 0 aliphatic carbocycles. The van der Waals surface area contributed by atoms with Gasteiger partial charge in [-0.2, -0.15) is 0 Å². The van der Waals surface area contributed by atoms with Gasteiger partial charge in [0.2, 0.25) is 5.91 Å². The molecule has 1 N–H and O–H groups in total. The number of nitrogens with zero attached hydrogens (tertiary/aromatic N) is 2. The van der Waals surface area contributed by atoms with Crippen LogP contribution in [0.2, 0.25) is 0 Å². The van der Waals surface area contributed by atoms with Crippen molar-refractivity contribution in [1.29, 1.82) is 0 Å². The van der Waals surface area contributed by atoms with Gasteiger partial charge in [-0.25, -0.2) is 0 Å². The molecule has 108 valence electrons. The standard InChI is InChI=1S/C13H21N3O2.ClH/c1-9-12(10(2)18-15-9)7-13(17)16-6-4-5-11(8-16)14-3;/h11,14H,4-8H2,1-3H3;1H. The Bertz CT molecular complexity index is 414. The summed E-state index contributed by atoms with van der Waals surface area (Å²) < 4.78 is 5.09. The topological polar surface area (TPSA) is 58.4 Å². The molecule has 0 aromatic carbocycles. The van der Waals surface area contributed by atoms with Crippen LogP contribution < -0.4 is 5.32 Å². The Kier molecular flexibility index (Phi) is 5.82. The van der Waals surface area contributed by atoms with Crippen molar-refractivity contribution in [3.05, 3.63) is 17.0 Å². The molecule has 0 radical (unpaired) electrons. The Morgan fingerprint density at radius 3 is 2.84 bits per heavy atom. The predicted octanol–water partition coefficient (Wildman–Crippen LogP) is 1.47. The third-order valence-electron chi connectivity index (χ3n) is 3.69. The lowest BCUT2D eigenvalue weighted by molar-refractivity contribution is -0.131. The third kappa shape index (κ3) is 3.70. The van der Waals surface area contributed by atoms with Crippen molar-refractivity contribution in [3.63, 3.8) is 0 Å². The second-order valence-electron chi connectivity index (χ2n) is 4.95. The van der Waals surface area contributed by atoms with Crippen LogP contribution in [0.1, 0.15) is 29.9 Å². The van der Waals surface area contributed by atoms with E-state index in [9.17, 15) is 4.79 Å². The Morgan fingerprint density at radius 1 is 1.53 bits per heavy atom. The van der Waals surface area contributed by atoms with E-state index >= 15 is 0 Å². The molecule has 2 rings (SSSR count). The molecule has 1 aliphatic heterocycles. The van der Waals surface area contributed by atoms with Gasteiger partial charge >= 0.3 is 0 Å². The SMILES string of the molecule is CNC1CCCN(C(=O)Cc2c(C)noc2C)C1.Cl. The summed E-state index contributed by atoms with van der Waals surface area (Å²) >= 11 is 0. The van der Waals surface area contributed by atoms with Crippen molar-refractivity contribution in [1.82, 2.24) is 15.4 Å². The first kappa shape index (κ1) is 16.0. The molecule has 1 aromatic rings. The molecular formula is C13H22ClN3O2. The number of aromatic nitrogens is 1. The van der Waals surface area contributed by atoms with E-state index < -0.39 is 0 Å². The first-order valence-corrected chi connectivity index (χ1v) is 6.48. The van der Waals surface area contributed by atoms with Crippen LogP contribution in [0.5, 0.6) is 0 Å². The highest BCUT2D eigenvalue weighted by atomic mass is 35.5. The fourth-order valence-electron chi connectivity index (χ4n) is 2.46. The molecule has 1 amide bonds. The van der Waals surface area contributed by atoms with E-state index in [0.717, 1.165) is 42.9 Å². The summed E-state index contributed by atoms with van der Waals surface area (Å²) in [4.78, 5) is 14.2. The monoisotopic (exact) mass is 287 g/mol. The Morgan fingerprint density at radius 2 is 2.26 bits per heavy atom. The minimum atomic E-state index is 0. The van der Waals surface area contributed by atoms with E-state index in [1.54, 1.807) is 0 Å². The summed E-state index contributed by atoms with van der Waals surface area (Å²) in [5, 5.41) is 7.13. The summed E-state index contributed by atoms with van der Waals surface area (Å²) in [7, 11) is 1.95. The number of nitrogens with one attached hydrogen (secondary N) is 1. The maximum atomic E-state index is 12.3. The largest absolute Gasteiger partial charge is 0.361 e. The normalized spacial score (nSPS) is 19.1. The molecule has 2 heterocycles. The van der Waals surface area contributed by atoms with E-state index in [1.807, 2.05) is 25.8 Å². The minimum Gasteiger partial charge on any atom is -0.361 e. The molecule has 5 nitrogen and oxygen atoms in total. The zero-order valence-corrected chi connectivity index (χ0v) is 12.5. The number of aryl methyl sites for hydroxylation is 2. The molecule has 1 atom stereocenters. The van der Waals surface area contributed by atoms with Gasteiger partial charge in [0.1, 0.15) is 5.76 Å². The predicted molar refractivity (Wildman–Crippen MR) is 75.6 cm³/mol. The van der Waals surface area contributed by atoms with Crippen molar-refractivity contribution < 1.29 is 9.32 Å². The molecule has 1 aliphatic rings. The Labute approximate surface area is 120 Å². The summed E-state index contributed by atoms with van der Waals surface area (Å²) in [5.74, 6) is 0.923. The average Bonchev–Trinajstić information content (AvgIpc) is 2.70. The maximum Gasteiger partial charge on any atom is 0.227 e. The number of halogens is 1. The van der Waals surface area contributed by atoms with Crippen molar-refractivity contribution in [3.8, 4) is 0 Å². The van der Waals surface area contributed by atoms with Crippen molar-refractivity contribution in [2.45, 2.75) is 39.2 Å². The number of piperidine rings is 1. The number of carbonyl (C=O) groups excluding carboxylic acids is 1. The minimum absolute atomic E-state index is 0. The van der Waals surface area contributed by atoms with Gasteiger partial charge < -0.3 is 14.7 Å². The van der Waals surface area contributed by atoms with Gasteiger partial charge in [-0.05, 0) is 33.7 Å². The molecule has 0 spiro atoms. The highest BCUT2D eigenvalue weighted by molar-refractivity contribution is 5.85. The highest BCUT2D eigenvalue weighted by Gasteiger charge is 2.24.